The van der Waals surface area contributed by atoms with Gasteiger partial charge >= 0.3 is 0 Å². The zero-order valence-electron chi connectivity index (χ0n) is 15.0. The van der Waals surface area contributed by atoms with Gasteiger partial charge in [0.1, 0.15) is 5.00 Å². The second-order valence-corrected chi connectivity index (χ2v) is 6.98. The molecule has 0 saturated heterocycles. The standard InChI is InChI=1S/C21H19N3O2S/c1-14(2)23-24-20(26)18-12-13-27-21(18)22-19(25)17-10-8-16(9-11-17)15-6-4-3-5-7-15/h3-13H,1-2H3,(H,22,25)(H,24,26). The van der Waals surface area contributed by atoms with E-state index in [2.05, 4.69) is 15.8 Å². The van der Waals surface area contributed by atoms with Crippen LogP contribution < -0.4 is 10.7 Å². The second kappa shape index (κ2) is 8.42. The molecule has 6 heteroatoms. The molecule has 0 atom stereocenters. The molecule has 136 valence electrons. The summed E-state index contributed by atoms with van der Waals surface area (Å²) in [6.07, 6.45) is 0. The number of hydrazone groups is 1. The van der Waals surface area contributed by atoms with Crippen molar-refractivity contribution < 1.29 is 9.59 Å². The molecule has 0 aliphatic rings. The van der Waals surface area contributed by atoms with Gasteiger partial charge < -0.3 is 5.32 Å². The van der Waals surface area contributed by atoms with Gasteiger partial charge in [-0.2, -0.15) is 5.10 Å². The van der Waals surface area contributed by atoms with Gasteiger partial charge in [-0.05, 0) is 48.6 Å². The Bertz CT molecular complexity index is 972. The molecule has 2 N–H and O–H groups in total. The van der Waals surface area contributed by atoms with Crippen LogP contribution in [0.25, 0.3) is 11.1 Å². The zero-order valence-corrected chi connectivity index (χ0v) is 15.8. The van der Waals surface area contributed by atoms with E-state index in [1.54, 1.807) is 37.4 Å². The maximum Gasteiger partial charge on any atom is 0.274 e. The lowest BCUT2D eigenvalue weighted by molar-refractivity contribution is 0.0956. The molecule has 0 fully saturated rings. The fourth-order valence-corrected chi connectivity index (χ4v) is 3.21. The Kier molecular flexibility index (Phi) is 5.78. The van der Waals surface area contributed by atoms with Crippen LogP contribution in [0.4, 0.5) is 5.00 Å². The fraction of sp³-hybridized carbons (Fsp3) is 0.0952. The number of rotatable bonds is 5. The molecule has 0 radical (unpaired) electrons. The summed E-state index contributed by atoms with van der Waals surface area (Å²) in [5.74, 6) is -0.617. The molecule has 2 amide bonds. The zero-order chi connectivity index (χ0) is 19.2. The average Bonchev–Trinajstić information content (AvgIpc) is 3.15. The summed E-state index contributed by atoms with van der Waals surface area (Å²) in [6, 6.07) is 19.0. The number of carbonyl (C=O) groups excluding carboxylic acids is 2. The van der Waals surface area contributed by atoms with Crippen molar-refractivity contribution >= 4 is 33.9 Å². The number of nitrogens with one attached hydrogen (secondary N) is 2. The van der Waals surface area contributed by atoms with Crippen molar-refractivity contribution in [1.82, 2.24) is 5.43 Å². The van der Waals surface area contributed by atoms with E-state index in [0.717, 1.165) is 16.8 Å². The van der Waals surface area contributed by atoms with E-state index in [1.165, 1.54) is 11.3 Å². The average molecular weight is 377 g/mol. The number of thiophene rings is 1. The van der Waals surface area contributed by atoms with E-state index in [4.69, 9.17) is 0 Å². The van der Waals surface area contributed by atoms with Gasteiger partial charge in [0.05, 0.1) is 5.56 Å². The maximum atomic E-state index is 12.5. The van der Waals surface area contributed by atoms with Crippen LogP contribution in [0.15, 0.2) is 71.1 Å². The largest absolute Gasteiger partial charge is 0.313 e. The molecule has 27 heavy (non-hydrogen) atoms. The number of amides is 2. The van der Waals surface area contributed by atoms with E-state index in [1.807, 2.05) is 42.5 Å². The minimum atomic E-state index is -0.354. The van der Waals surface area contributed by atoms with Crippen molar-refractivity contribution in [2.45, 2.75) is 13.8 Å². The molecular formula is C21H19N3O2S. The highest BCUT2D eigenvalue weighted by Gasteiger charge is 2.15. The van der Waals surface area contributed by atoms with Crippen LogP contribution in [-0.2, 0) is 0 Å². The summed E-state index contributed by atoms with van der Waals surface area (Å²) in [5, 5.41) is 8.96. The fourth-order valence-electron chi connectivity index (χ4n) is 2.43. The first-order valence-electron chi connectivity index (χ1n) is 8.40. The molecule has 1 heterocycles. The molecule has 0 aliphatic heterocycles. The lowest BCUT2D eigenvalue weighted by Crippen LogP contribution is -2.20. The van der Waals surface area contributed by atoms with Crippen LogP contribution in [0.1, 0.15) is 34.6 Å². The Morgan fingerprint density at radius 1 is 0.852 bits per heavy atom. The van der Waals surface area contributed by atoms with Crippen LogP contribution in [-0.4, -0.2) is 17.5 Å². The number of nitrogens with zero attached hydrogens (tertiary/aromatic N) is 1. The van der Waals surface area contributed by atoms with Crippen molar-refractivity contribution in [2.75, 3.05) is 5.32 Å². The number of anilines is 1. The molecule has 0 spiro atoms. The molecule has 0 saturated carbocycles. The van der Waals surface area contributed by atoms with E-state index in [0.29, 0.717) is 16.1 Å². The number of hydrogen-bond donors (Lipinski definition) is 2. The van der Waals surface area contributed by atoms with Crippen molar-refractivity contribution in [3.63, 3.8) is 0 Å². The van der Waals surface area contributed by atoms with Crippen LogP contribution in [0.2, 0.25) is 0 Å². The molecule has 0 aliphatic carbocycles. The van der Waals surface area contributed by atoms with Crippen molar-refractivity contribution in [2.24, 2.45) is 5.10 Å². The SMILES string of the molecule is CC(C)=NNC(=O)c1ccsc1NC(=O)c1ccc(-c2ccccc2)cc1. The van der Waals surface area contributed by atoms with Gasteiger partial charge in [0.2, 0.25) is 0 Å². The molecule has 3 aromatic rings. The third kappa shape index (κ3) is 4.68. The molecule has 5 nitrogen and oxygen atoms in total. The van der Waals surface area contributed by atoms with Gasteiger partial charge in [0, 0.05) is 11.3 Å². The first-order valence-corrected chi connectivity index (χ1v) is 9.28. The van der Waals surface area contributed by atoms with Crippen LogP contribution in [0.5, 0.6) is 0 Å². The third-order valence-electron chi connectivity index (χ3n) is 3.77. The molecule has 0 bridgehead atoms. The first-order chi connectivity index (χ1) is 13.0. The number of carbonyl (C=O) groups is 2. The third-order valence-corrected chi connectivity index (χ3v) is 4.60. The molecule has 2 aromatic carbocycles. The summed E-state index contributed by atoms with van der Waals surface area (Å²) < 4.78 is 0. The highest BCUT2D eigenvalue weighted by Crippen LogP contribution is 2.25. The van der Waals surface area contributed by atoms with Crippen molar-refractivity contribution in [1.29, 1.82) is 0 Å². The lowest BCUT2D eigenvalue weighted by atomic mass is 10.0. The van der Waals surface area contributed by atoms with E-state index < -0.39 is 0 Å². The maximum absolute atomic E-state index is 12.5. The van der Waals surface area contributed by atoms with E-state index >= 15 is 0 Å². The van der Waals surface area contributed by atoms with Gasteiger partial charge in [-0.25, -0.2) is 5.43 Å². The van der Waals surface area contributed by atoms with Gasteiger partial charge in [-0.3, -0.25) is 9.59 Å². The van der Waals surface area contributed by atoms with E-state index in [9.17, 15) is 9.59 Å². The van der Waals surface area contributed by atoms with Crippen molar-refractivity contribution in [3.05, 3.63) is 77.2 Å². The van der Waals surface area contributed by atoms with E-state index in [-0.39, 0.29) is 11.8 Å². The minimum Gasteiger partial charge on any atom is -0.313 e. The van der Waals surface area contributed by atoms with Crippen LogP contribution in [0.3, 0.4) is 0 Å². The van der Waals surface area contributed by atoms with Crippen LogP contribution >= 0.6 is 11.3 Å². The summed E-state index contributed by atoms with van der Waals surface area (Å²) in [4.78, 5) is 24.7. The highest BCUT2D eigenvalue weighted by atomic mass is 32.1. The monoisotopic (exact) mass is 377 g/mol. The molecule has 3 rings (SSSR count). The van der Waals surface area contributed by atoms with Gasteiger partial charge in [0.15, 0.2) is 0 Å². The predicted molar refractivity (Wildman–Crippen MR) is 110 cm³/mol. The predicted octanol–water partition coefficient (Wildman–Crippen LogP) is 4.79. The first kappa shape index (κ1) is 18.5. The Morgan fingerprint density at radius 3 is 2.19 bits per heavy atom. The van der Waals surface area contributed by atoms with Crippen molar-refractivity contribution in [3.8, 4) is 11.1 Å². The minimum absolute atomic E-state index is 0.263. The molecular weight excluding hydrogens is 358 g/mol. The normalized spacial score (nSPS) is 10.1. The molecule has 1 aromatic heterocycles. The molecule has 0 unspecified atom stereocenters. The summed E-state index contributed by atoms with van der Waals surface area (Å²) >= 11 is 1.29. The highest BCUT2D eigenvalue weighted by molar-refractivity contribution is 7.14. The summed E-state index contributed by atoms with van der Waals surface area (Å²) in [5.41, 5.74) is 6.25. The smallest absolute Gasteiger partial charge is 0.274 e. The van der Waals surface area contributed by atoms with Gasteiger partial charge in [0.25, 0.3) is 11.8 Å². The van der Waals surface area contributed by atoms with Gasteiger partial charge in [-0.15, -0.1) is 11.3 Å². The van der Waals surface area contributed by atoms with Crippen LogP contribution in [0, 0.1) is 0 Å². The Labute approximate surface area is 161 Å². The Morgan fingerprint density at radius 2 is 1.52 bits per heavy atom. The Hall–Kier alpha value is -3.25. The lowest BCUT2D eigenvalue weighted by Gasteiger charge is -2.07. The summed E-state index contributed by atoms with van der Waals surface area (Å²) in [6.45, 7) is 3.57. The topological polar surface area (TPSA) is 70.6 Å². The second-order valence-electron chi connectivity index (χ2n) is 6.06. The Balaban J connectivity index is 1.72. The summed E-state index contributed by atoms with van der Waals surface area (Å²) in [7, 11) is 0. The number of benzene rings is 2. The number of hydrogen-bond acceptors (Lipinski definition) is 4. The quantitative estimate of drug-likeness (QED) is 0.496. The van der Waals surface area contributed by atoms with Gasteiger partial charge in [-0.1, -0.05) is 42.5 Å².